The first-order valence-electron chi connectivity index (χ1n) is 8.64. The fourth-order valence-electron chi connectivity index (χ4n) is 2.96. The van der Waals surface area contributed by atoms with Crippen molar-refractivity contribution in [1.82, 2.24) is 10.6 Å². The van der Waals surface area contributed by atoms with E-state index in [9.17, 15) is 14.9 Å². The van der Waals surface area contributed by atoms with E-state index in [4.69, 9.17) is 4.74 Å². The topological polar surface area (TPSA) is 93.5 Å². The summed E-state index contributed by atoms with van der Waals surface area (Å²) in [5.41, 5.74) is 0.0168. The predicted octanol–water partition coefficient (Wildman–Crippen LogP) is 3.54. The van der Waals surface area contributed by atoms with Crippen molar-refractivity contribution in [2.75, 3.05) is 19.6 Å². The van der Waals surface area contributed by atoms with Crippen LogP contribution in [0.1, 0.15) is 23.2 Å². The summed E-state index contributed by atoms with van der Waals surface area (Å²) in [5, 5.41) is 17.2. The van der Waals surface area contributed by atoms with E-state index in [1.165, 1.54) is 18.2 Å². The van der Waals surface area contributed by atoms with Crippen LogP contribution < -0.4 is 15.4 Å². The molecule has 0 radical (unpaired) electrons. The lowest BCUT2D eigenvalue weighted by Crippen LogP contribution is -2.26. The van der Waals surface area contributed by atoms with Crippen LogP contribution in [0.5, 0.6) is 11.5 Å². The lowest BCUT2D eigenvalue weighted by Gasteiger charge is -2.13. The molecule has 7 nitrogen and oxygen atoms in total. The molecule has 0 aromatic heterocycles. The van der Waals surface area contributed by atoms with E-state index in [0.29, 0.717) is 24.0 Å². The van der Waals surface area contributed by atoms with Gasteiger partial charge < -0.3 is 15.4 Å². The first kappa shape index (κ1) is 20.7. The Hall–Kier alpha value is -2.64. The van der Waals surface area contributed by atoms with E-state index in [0.717, 1.165) is 25.9 Å². The summed E-state index contributed by atoms with van der Waals surface area (Å²) in [6.45, 7) is 2.51. The second kappa shape index (κ2) is 9.89. The molecule has 2 aromatic rings. The third-order valence-electron chi connectivity index (χ3n) is 4.39. The summed E-state index contributed by atoms with van der Waals surface area (Å²) in [6, 6.07) is 13.1. The molecule has 1 amide bonds. The minimum absolute atomic E-state index is 0. The summed E-state index contributed by atoms with van der Waals surface area (Å²) in [7, 11) is 0. The summed E-state index contributed by atoms with van der Waals surface area (Å²) >= 11 is 0. The zero-order valence-electron chi connectivity index (χ0n) is 14.7. The Morgan fingerprint density at radius 2 is 2.04 bits per heavy atom. The molecule has 1 aliphatic heterocycles. The van der Waals surface area contributed by atoms with Crippen LogP contribution in [0, 0.1) is 16.0 Å². The second-order valence-corrected chi connectivity index (χ2v) is 6.26. The third-order valence-corrected chi connectivity index (χ3v) is 4.39. The number of nitrogens with zero attached hydrogens (tertiary/aromatic N) is 1. The standard InChI is InChI=1S/C19H21N3O4.ClH/c23-19(21-11-9-14-8-10-20-13-14)17-12-15(22(24)25)6-7-18(17)26-16-4-2-1-3-5-16;/h1-7,12,14,20H,8-11,13H2,(H,21,23);1H. The van der Waals surface area contributed by atoms with Gasteiger partial charge in [0.15, 0.2) is 0 Å². The van der Waals surface area contributed by atoms with Crippen molar-refractivity contribution in [2.45, 2.75) is 12.8 Å². The highest BCUT2D eigenvalue weighted by Gasteiger charge is 2.19. The molecule has 1 unspecified atom stereocenters. The molecule has 0 aliphatic carbocycles. The molecule has 0 saturated carbocycles. The Bertz CT molecular complexity index is 780. The number of nitro benzene ring substituents is 1. The van der Waals surface area contributed by atoms with Gasteiger partial charge in [-0.15, -0.1) is 12.4 Å². The van der Waals surface area contributed by atoms with E-state index in [1.54, 1.807) is 12.1 Å². The van der Waals surface area contributed by atoms with Gasteiger partial charge in [-0.3, -0.25) is 14.9 Å². The lowest BCUT2D eigenvalue weighted by atomic mass is 10.1. The minimum atomic E-state index is -0.521. The summed E-state index contributed by atoms with van der Waals surface area (Å²) < 4.78 is 5.75. The minimum Gasteiger partial charge on any atom is -0.457 e. The first-order chi connectivity index (χ1) is 12.6. The normalized spacial score (nSPS) is 15.6. The van der Waals surface area contributed by atoms with Crippen molar-refractivity contribution in [3.05, 3.63) is 64.2 Å². The number of carbonyl (C=O) groups excluding carboxylic acids is 1. The van der Waals surface area contributed by atoms with Gasteiger partial charge in [0.05, 0.1) is 10.5 Å². The smallest absolute Gasteiger partial charge is 0.270 e. The molecule has 1 atom stereocenters. The molecule has 3 rings (SSSR count). The fourth-order valence-corrected chi connectivity index (χ4v) is 2.96. The highest BCUT2D eigenvalue weighted by Crippen LogP contribution is 2.28. The number of nitro groups is 1. The van der Waals surface area contributed by atoms with Crippen LogP contribution in [0.2, 0.25) is 0 Å². The van der Waals surface area contributed by atoms with Crippen LogP contribution in [0.4, 0.5) is 5.69 Å². The van der Waals surface area contributed by atoms with Crippen LogP contribution in [0.25, 0.3) is 0 Å². The molecule has 2 aromatic carbocycles. The van der Waals surface area contributed by atoms with Crippen molar-refractivity contribution >= 4 is 24.0 Å². The number of hydrogen-bond donors (Lipinski definition) is 2. The first-order valence-corrected chi connectivity index (χ1v) is 8.64. The number of halogens is 1. The Labute approximate surface area is 163 Å². The van der Waals surface area contributed by atoms with Gasteiger partial charge in [0.25, 0.3) is 11.6 Å². The average molecular weight is 392 g/mol. The number of non-ortho nitro benzene ring substituents is 1. The van der Waals surface area contributed by atoms with E-state index in [-0.39, 0.29) is 29.6 Å². The van der Waals surface area contributed by atoms with Crippen LogP contribution >= 0.6 is 12.4 Å². The molecule has 0 bridgehead atoms. The number of nitrogens with one attached hydrogen (secondary N) is 2. The van der Waals surface area contributed by atoms with Crippen LogP contribution in [0.3, 0.4) is 0 Å². The maximum Gasteiger partial charge on any atom is 0.270 e. The van der Waals surface area contributed by atoms with Gasteiger partial charge in [-0.25, -0.2) is 0 Å². The van der Waals surface area contributed by atoms with Gasteiger partial charge in [0, 0.05) is 18.7 Å². The molecular formula is C19H22ClN3O4. The maximum atomic E-state index is 12.6. The summed E-state index contributed by atoms with van der Waals surface area (Å²) in [4.78, 5) is 23.1. The molecule has 2 N–H and O–H groups in total. The molecule has 1 fully saturated rings. The summed E-state index contributed by atoms with van der Waals surface area (Å²) in [6.07, 6.45) is 1.98. The van der Waals surface area contributed by atoms with E-state index >= 15 is 0 Å². The fraction of sp³-hybridized carbons (Fsp3) is 0.316. The number of rotatable bonds is 7. The van der Waals surface area contributed by atoms with Crippen molar-refractivity contribution in [1.29, 1.82) is 0 Å². The molecule has 1 aliphatic rings. The average Bonchev–Trinajstić information content (AvgIpc) is 3.16. The van der Waals surface area contributed by atoms with Crippen molar-refractivity contribution < 1.29 is 14.5 Å². The van der Waals surface area contributed by atoms with Gasteiger partial charge in [0.1, 0.15) is 11.5 Å². The van der Waals surface area contributed by atoms with E-state index in [2.05, 4.69) is 10.6 Å². The molecular weight excluding hydrogens is 370 g/mol. The summed E-state index contributed by atoms with van der Waals surface area (Å²) in [5.74, 6) is 1.04. The van der Waals surface area contributed by atoms with Crippen molar-refractivity contribution in [3.8, 4) is 11.5 Å². The van der Waals surface area contributed by atoms with Gasteiger partial charge in [0.2, 0.25) is 0 Å². The maximum absolute atomic E-state index is 12.6. The van der Waals surface area contributed by atoms with Crippen LogP contribution in [0.15, 0.2) is 48.5 Å². The number of amides is 1. The number of ether oxygens (including phenoxy) is 1. The van der Waals surface area contributed by atoms with Gasteiger partial charge in [-0.05, 0) is 50.0 Å². The Kier molecular flexibility index (Phi) is 7.57. The Morgan fingerprint density at radius 1 is 1.26 bits per heavy atom. The molecule has 27 heavy (non-hydrogen) atoms. The zero-order chi connectivity index (χ0) is 18.4. The Balaban J connectivity index is 0.00000261. The number of hydrogen-bond acceptors (Lipinski definition) is 5. The number of carbonyl (C=O) groups is 1. The quantitative estimate of drug-likeness (QED) is 0.556. The predicted molar refractivity (Wildman–Crippen MR) is 105 cm³/mol. The van der Waals surface area contributed by atoms with Gasteiger partial charge in [-0.2, -0.15) is 0 Å². The highest BCUT2D eigenvalue weighted by atomic mass is 35.5. The molecule has 8 heteroatoms. The van der Waals surface area contributed by atoms with Crippen molar-refractivity contribution in [3.63, 3.8) is 0 Å². The van der Waals surface area contributed by atoms with Crippen LogP contribution in [-0.2, 0) is 0 Å². The number of benzene rings is 2. The van der Waals surface area contributed by atoms with E-state index in [1.807, 2.05) is 18.2 Å². The molecule has 1 saturated heterocycles. The van der Waals surface area contributed by atoms with Gasteiger partial charge in [-0.1, -0.05) is 18.2 Å². The monoisotopic (exact) mass is 391 g/mol. The highest BCUT2D eigenvalue weighted by molar-refractivity contribution is 5.97. The molecule has 144 valence electrons. The Morgan fingerprint density at radius 3 is 2.70 bits per heavy atom. The van der Waals surface area contributed by atoms with E-state index < -0.39 is 4.92 Å². The lowest BCUT2D eigenvalue weighted by molar-refractivity contribution is -0.384. The largest absolute Gasteiger partial charge is 0.457 e. The second-order valence-electron chi connectivity index (χ2n) is 6.26. The van der Waals surface area contributed by atoms with Crippen LogP contribution in [-0.4, -0.2) is 30.5 Å². The zero-order valence-corrected chi connectivity index (χ0v) is 15.5. The molecule has 0 spiro atoms. The van der Waals surface area contributed by atoms with Gasteiger partial charge >= 0.3 is 0 Å². The third kappa shape index (κ3) is 5.67. The SMILES string of the molecule is Cl.O=C(NCCC1CCNC1)c1cc([N+](=O)[O-])ccc1Oc1ccccc1. The number of para-hydroxylation sites is 1. The molecule has 1 heterocycles. The van der Waals surface area contributed by atoms with Crippen molar-refractivity contribution in [2.24, 2.45) is 5.92 Å².